The van der Waals surface area contributed by atoms with Crippen LogP contribution in [0.4, 0.5) is 0 Å². The molecule has 2 aromatic heterocycles. The highest BCUT2D eigenvalue weighted by molar-refractivity contribution is 6.09. The first-order valence-electron chi connectivity index (χ1n) is 10.0. The van der Waals surface area contributed by atoms with Crippen LogP contribution in [0, 0.1) is 6.92 Å². The van der Waals surface area contributed by atoms with Gasteiger partial charge in [0.1, 0.15) is 18.9 Å². The molecule has 0 spiro atoms. The Kier molecular flexibility index (Phi) is 3.74. The van der Waals surface area contributed by atoms with E-state index in [4.69, 9.17) is 19.6 Å². The zero-order chi connectivity index (χ0) is 20.1. The van der Waals surface area contributed by atoms with Crippen molar-refractivity contribution >= 4 is 21.8 Å². The van der Waals surface area contributed by atoms with Gasteiger partial charge in [-0.3, -0.25) is 4.98 Å². The smallest absolute Gasteiger partial charge is 0.163 e. The molecular weight excluding hydrogens is 374 g/mol. The molecular formula is C25H19N3O2. The Labute approximate surface area is 173 Å². The number of rotatable bonds is 2. The van der Waals surface area contributed by atoms with Crippen molar-refractivity contribution in [1.82, 2.24) is 14.8 Å². The molecule has 1 aliphatic rings. The van der Waals surface area contributed by atoms with Crippen LogP contribution in [-0.4, -0.2) is 28.0 Å². The number of fused-ring (bicyclic) bond motifs is 4. The molecule has 0 saturated carbocycles. The summed E-state index contributed by atoms with van der Waals surface area (Å²) in [6, 6.07) is 22.6. The Hall–Kier alpha value is -3.86. The summed E-state index contributed by atoms with van der Waals surface area (Å²) >= 11 is 0. The molecule has 3 aromatic carbocycles. The number of ether oxygens (including phenoxy) is 2. The monoisotopic (exact) mass is 393 g/mol. The third-order valence-corrected chi connectivity index (χ3v) is 5.50. The maximum atomic E-state index is 5.85. The maximum absolute atomic E-state index is 5.85. The summed E-state index contributed by atoms with van der Waals surface area (Å²) in [6.45, 7) is 3.19. The van der Waals surface area contributed by atoms with Crippen molar-refractivity contribution in [2.45, 2.75) is 6.92 Å². The van der Waals surface area contributed by atoms with E-state index in [2.05, 4.69) is 43.3 Å². The molecule has 0 radical (unpaired) electrons. The Balaban J connectivity index is 1.71. The molecule has 1 aliphatic heterocycles. The predicted octanol–water partition coefficient (Wildman–Crippen LogP) is 5.32. The van der Waals surface area contributed by atoms with Crippen molar-refractivity contribution in [1.29, 1.82) is 0 Å². The van der Waals surface area contributed by atoms with Crippen LogP contribution in [0.3, 0.4) is 0 Å². The third-order valence-electron chi connectivity index (χ3n) is 5.50. The van der Waals surface area contributed by atoms with Gasteiger partial charge in [0.15, 0.2) is 11.5 Å². The van der Waals surface area contributed by atoms with Gasteiger partial charge in [-0.2, -0.15) is 5.10 Å². The van der Waals surface area contributed by atoms with Gasteiger partial charge in [-0.15, -0.1) is 0 Å². The molecule has 5 nitrogen and oxygen atoms in total. The van der Waals surface area contributed by atoms with Crippen LogP contribution >= 0.6 is 0 Å². The van der Waals surface area contributed by atoms with Gasteiger partial charge in [0.2, 0.25) is 0 Å². The molecule has 0 N–H and O–H groups in total. The van der Waals surface area contributed by atoms with E-state index in [1.165, 1.54) is 5.56 Å². The molecule has 0 aliphatic carbocycles. The van der Waals surface area contributed by atoms with Gasteiger partial charge in [0.05, 0.1) is 16.7 Å². The molecule has 0 atom stereocenters. The average Bonchev–Trinajstić information content (AvgIpc) is 3.19. The number of benzene rings is 3. The Morgan fingerprint density at radius 2 is 1.57 bits per heavy atom. The Bertz CT molecular complexity index is 1390. The molecule has 3 heterocycles. The van der Waals surface area contributed by atoms with Gasteiger partial charge >= 0.3 is 0 Å². The van der Waals surface area contributed by atoms with Gasteiger partial charge in [0.25, 0.3) is 0 Å². The third kappa shape index (κ3) is 2.63. The average molecular weight is 393 g/mol. The molecule has 0 bridgehead atoms. The number of aromatic nitrogens is 3. The minimum atomic E-state index is 0.550. The lowest BCUT2D eigenvalue weighted by Gasteiger charge is -2.19. The fourth-order valence-electron chi connectivity index (χ4n) is 4.00. The number of hydrogen-bond acceptors (Lipinski definition) is 4. The summed E-state index contributed by atoms with van der Waals surface area (Å²) in [5, 5.41) is 7.02. The Morgan fingerprint density at radius 1 is 0.833 bits per heavy atom. The first-order valence-corrected chi connectivity index (χ1v) is 10.0. The van der Waals surface area contributed by atoms with Crippen LogP contribution in [0.2, 0.25) is 0 Å². The lowest BCUT2D eigenvalue weighted by molar-refractivity contribution is 0.172. The zero-order valence-electron chi connectivity index (χ0n) is 16.5. The summed E-state index contributed by atoms with van der Waals surface area (Å²) in [6.07, 6.45) is 1.91. The molecule has 5 heteroatoms. The molecule has 0 amide bonds. The van der Waals surface area contributed by atoms with E-state index < -0.39 is 0 Å². The summed E-state index contributed by atoms with van der Waals surface area (Å²) < 4.78 is 13.6. The van der Waals surface area contributed by atoms with E-state index in [-0.39, 0.29) is 0 Å². The van der Waals surface area contributed by atoms with Crippen molar-refractivity contribution in [2.24, 2.45) is 0 Å². The molecule has 30 heavy (non-hydrogen) atoms. The van der Waals surface area contributed by atoms with Crippen LogP contribution in [-0.2, 0) is 0 Å². The summed E-state index contributed by atoms with van der Waals surface area (Å²) in [5.74, 6) is 1.49. The van der Waals surface area contributed by atoms with E-state index in [1.807, 2.05) is 41.2 Å². The molecule has 146 valence electrons. The van der Waals surface area contributed by atoms with E-state index in [1.54, 1.807) is 0 Å². The number of hydrogen-bond donors (Lipinski definition) is 0. The Morgan fingerprint density at radius 3 is 2.33 bits per heavy atom. The molecule has 0 unspecified atom stereocenters. The van der Waals surface area contributed by atoms with Crippen LogP contribution in [0.25, 0.3) is 38.8 Å². The van der Waals surface area contributed by atoms with E-state index >= 15 is 0 Å². The quantitative estimate of drug-likeness (QED) is 0.407. The largest absolute Gasteiger partial charge is 0.486 e. The molecule has 6 rings (SSSR count). The topological polar surface area (TPSA) is 49.2 Å². The predicted molar refractivity (Wildman–Crippen MR) is 118 cm³/mol. The van der Waals surface area contributed by atoms with Crippen molar-refractivity contribution in [3.05, 3.63) is 78.5 Å². The second-order valence-corrected chi connectivity index (χ2v) is 7.50. The van der Waals surface area contributed by atoms with Crippen LogP contribution in [0.15, 0.2) is 72.9 Å². The van der Waals surface area contributed by atoms with Crippen LogP contribution in [0.1, 0.15) is 5.56 Å². The first kappa shape index (κ1) is 17.0. The zero-order valence-corrected chi connectivity index (χ0v) is 16.5. The second kappa shape index (κ2) is 6.59. The van der Waals surface area contributed by atoms with E-state index in [9.17, 15) is 0 Å². The number of nitrogens with zero attached hydrogens (tertiary/aromatic N) is 3. The van der Waals surface area contributed by atoms with Crippen LogP contribution in [0.5, 0.6) is 11.5 Å². The van der Waals surface area contributed by atoms with Crippen molar-refractivity contribution in [3.63, 3.8) is 0 Å². The SMILES string of the molecule is Cc1ccc(-c2nn(-c3ccccc3)c3c2cnc2cc4c(cc23)OCCO4)cc1. The van der Waals surface area contributed by atoms with Crippen molar-refractivity contribution in [2.75, 3.05) is 13.2 Å². The van der Waals surface area contributed by atoms with E-state index in [0.29, 0.717) is 13.2 Å². The summed E-state index contributed by atoms with van der Waals surface area (Å²) in [4.78, 5) is 4.74. The molecule has 0 fully saturated rings. The highest BCUT2D eigenvalue weighted by Crippen LogP contribution is 2.39. The maximum Gasteiger partial charge on any atom is 0.163 e. The fraction of sp³-hybridized carbons (Fsp3) is 0.120. The van der Waals surface area contributed by atoms with E-state index in [0.717, 1.165) is 50.2 Å². The van der Waals surface area contributed by atoms with Gasteiger partial charge in [-0.25, -0.2) is 4.68 Å². The highest BCUT2D eigenvalue weighted by Gasteiger charge is 2.20. The molecule has 5 aromatic rings. The first-order chi connectivity index (χ1) is 14.8. The summed E-state index contributed by atoms with van der Waals surface area (Å²) in [7, 11) is 0. The molecule has 0 saturated heterocycles. The van der Waals surface area contributed by atoms with Crippen LogP contribution < -0.4 is 9.47 Å². The number of para-hydroxylation sites is 1. The fourth-order valence-corrected chi connectivity index (χ4v) is 4.00. The standard InChI is InChI=1S/C25H19N3O2/c1-16-7-9-17(10-8-16)24-20-15-26-21-14-23-22(29-11-12-30-23)13-19(21)25(20)28(27-24)18-5-3-2-4-6-18/h2-10,13-15H,11-12H2,1H3. The minimum absolute atomic E-state index is 0.550. The van der Waals surface area contributed by atoms with Gasteiger partial charge in [-0.05, 0) is 25.1 Å². The van der Waals surface area contributed by atoms with Crippen molar-refractivity contribution in [3.8, 4) is 28.4 Å². The second-order valence-electron chi connectivity index (χ2n) is 7.50. The lowest BCUT2D eigenvalue weighted by atomic mass is 10.1. The van der Waals surface area contributed by atoms with Gasteiger partial charge in [0, 0.05) is 28.6 Å². The minimum Gasteiger partial charge on any atom is -0.486 e. The van der Waals surface area contributed by atoms with Crippen molar-refractivity contribution < 1.29 is 9.47 Å². The van der Waals surface area contributed by atoms with Gasteiger partial charge in [-0.1, -0.05) is 48.0 Å². The number of pyridine rings is 1. The summed E-state index contributed by atoms with van der Waals surface area (Å²) in [5.41, 5.74) is 6.08. The van der Waals surface area contributed by atoms with Gasteiger partial charge < -0.3 is 9.47 Å². The highest BCUT2D eigenvalue weighted by atomic mass is 16.6. The lowest BCUT2D eigenvalue weighted by Crippen LogP contribution is -2.15. The number of aryl methyl sites for hydroxylation is 1. The normalized spacial score (nSPS) is 13.1.